The first-order valence-electron chi connectivity index (χ1n) is 6.76. The first-order chi connectivity index (χ1) is 9.85. The number of piperazine rings is 1. The molecule has 1 heterocycles. The highest BCUT2D eigenvalue weighted by atomic mass is 79.9. The number of halogens is 2. The van der Waals surface area contributed by atoms with E-state index >= 15 is 0 Å². The van der Waals surface area contributed by atoms with Gasteiger partial charge >= 0.3 is 0 Å². The molecule has 0 atom stereocenters. The van der Waals surface area contributed by atoms with Crippen LogP contribution < -0.4 is 0 Å². The van der Waals surface area contributed by atoms with Gasteiger partial charge in [-0.15, -0.1) is 0 Å². The maximum Gasteiger partial charge on any atom is 0.255 e. The summed E-state index contributed by atoms with van der Waals surface area (Å²) in [4.78, 5) is 16.5. The van der Waals surface area contributed by atoms with Crippen LogP contribution in [0.15, 0.2) is 22.7 Å². The quantitative estimate of drug-likeness (QED) is 0.803. The Morgan fingerprint density at radius 3 is 2.52 bits per heavy atom. The molecule has 0 aromatic heterocycles. The predicted octanol–water partition coefficient (Wildman–Crippen LogP) is 3.16. The van der Waals surface area contributed by atoms with Crippen molar-refractivity contribution in [3.63, 3.8) is 0 Å². The fourth-order valence-corrected chi connectivity index (χ4v) is 2.96. The molecular weight excluding hydrogens is 354 g/mol. The molecule has 1 aromatic carbocycles. The fraction of sp³-hybridized carbons (Fsp3) is 0.467. The van der Waals surface area contributed by atoms with E-state index in [-0.39, 0.29) is 5.91 Å². The second kappa shape index (κ2) is 6.35. The van der Waals surface area contributed by atoms with Crippen LogP contribution in [-0.2, 0) is 0 Å². The summed E-state index contributed by atoms with van der Waals surface area (Å²) in [5.74, 6) is -0.0289. The molecular formula is C15H17BrClN3O. The van der Waals surface area contributed by atoms with Crippen LogP contribution in [0, 0.1) is 11.3 Å². The molecule has 0 spiro atoms. The van der Waals surface area contributed by atoms with Gasteiger partial charge in [0.1, 0.15) is 5.54 Å². The number of hydrogen-bond donors (Lipinski definition) is 0. The van der Waals surface area contributed by atoms with E-state index in [2.05, 4.69) is 26.9 Å². The molecule has 0 aliphatic carbocycles. The zero-order chi connectivity index (χ0) is 15.6. The average Bonchev–Trinajstić information content (AvgIpc) is 2.49. The van der Waals surface area contributed by atoms with Crippen molar-refractivity contribution in [1.82, 2.24) is 9.80 Å². The molecule has 0 saturated carbocycles. The van der Waals surface area contributed by atoms with Gasteiger partial charge in [0.05, 0.1) is 11.6 Å². The topological polar surface area (TPSA) is 47.3 Å². The lowest BCUT2D eigenvalue weighted by molar-refractivity contribution is 0.0520. The number of nitrogens with zero attached hydrogens (tertiary/aromatic N) is 3. The third-order valence-corrected chi connectivity index (χ3v) is 4.72. The minimum atomic E-state index is -0.494. The lowest BCUT2D eigenvalue weighted by Crippen LogP contribution is -2.55. The zero-order valence-corrected chi connectivity index (χ0v) is 14.4. The van der Waals surface area contributed by atoms with Crippen molar-refractivity contribution in [2.24, 2.45) is 0 Å². The van der Waals surface area contributed by atoms with Crippen LogP contribution in [0.5, 0.6) is 0 Å². The van der Waals surface area contributed by atoms with E-state index in [4.69, 9.17) is 11.6 Å². The summed E-state index contributed by atoms with van der Waals surface area (Å²) >= 11 is 9.36. The number of rotatable bonds is 2. The molecule has 0 N–H and O–H groups in total. The normalized spacial score (nSPS) is 16.6. The van der Waals surface area contributed by atoms with Crippen LogP contribution in [-0.4, -0.2) is 47.4 Å². The summed E-state index contributed by atoms with van der Waals surface area (Å²) in [5, 5.41) is 9.72. The fourth-order valence-electron chi connectivity index (χ4n) is 2.37. The van der Waals surface area contributed by atoms with Crippen molar-refractivity contribution in [1.29, 1.82) is 5.26 Å². The van der Waals surface area contributed by atoms with Gasteiger partial charge in [-0.3, -0.25) is 9.69 Å². The van der Waals surface area contributed by atoms with Crippen LogP contribution >= 0.6 is 27.5 Å². The van der Waals surface area contributed by atoms with Gasteiger partial charge in [0.15, 0.2) is 0 Å². The maximum atomic E-state index is 12.6. The minimum Gasteiger partial charge on any atom is -0.336 e. The van der Waals surface area contributed by atoms with E-state index in [1.165, 1.54) is 0 Å². The van der Waals surface area contributed by atoms with Crippen molar-refractivity contribution in [2.75, 3.05) is 26.2 Å². The van der Waals surface area contributed by atoms with Gasteiger partial charge < -0.3 is 4.90 Å². The van der Waals surface area contributed by atoms with Crippen molar-refractivity contribution in [2.45, 2.75) is 19.4 Å². The Labute approximate surface area is 138 Å². The molecule has 1 saturated heterocycles. The molecule has 4 nitrogen and oxygen atoms in total. The Morgan fingerprint density at radius 1 is 1.33 bits per heavy atom. The molecule has 21 heavy (non-hydrogen) atoms. The Bertz CT molecular complexity index is 589. The van der Waals surface area contributed by atoms with Gasteiger partial charge in [0, 0.05) is 35.7 Å². The third-order valence-electron chi connectivity index (χ3n) is 3.79. The second-order valence-corrected chi connectivity index (χ2v) is 6.87. The van der Waals surface area contributed by atoms with Gasteiger partial charge in [0.2, 0.25) is 0 Å². The molecule has 6 heteroatoms. The highest BCUT2D eigenvalue weighted by molar-refractivity contribution is 9.10. The van der Waals surface area contributed by atoms with E-state index in [1.54, 1.807) is 23.1 Å². The first kappa shape index (κ1) is 16.3. The number of benzene rings is 1. The number of hydrogen-bond acceptors (Lipinski definition) is 3. The van der Waals surface area contributed by atoms with Crippen LogP contribution in [0.4, 0.5) is 0 Å². The van der Waals surface area contributed by atoms with Gasteiger partial charge in [-0.05, 0) is 48.0 Å². The summed E-state index contributed by atoms with van der Waals surface area (Å²) in [7, 11) is 0. The number of amides is 1. The molecule has 1 aromatic rings. The smallest absolute Gasteiger partial charge is 0.255 e. The monoisotopic (exact) mass is 369 g/mol. The molecule has 0 unspecified atom stereocenters. The summed E-state index contributed by atoms with van der Waals surface area (Å²) in [6.07, 6.45) is 0. The molecule has 1 fully saturated rings. The maximum absolute atomic E-state index is 12.6. The lowest BCUT2D eigenvalue weighted by Gasteiger charge is -2.40. The molecule has 1 aliphatic heterocycles. The van der Waals surface area contributed by atoms with Gasteiger partial charge in [-0.25, -0.2) is 0 Å². The SMILES string of the molecule is CC(C)(C#N)N1CCN(C(=O)c2cc(Cl)ccc2Br)CC1. The van der Waals surface area contributed by atoms with E-state index in [9.17, 15) is 10.1 Å². The average molecular weight is 371 g/mol. The van der Waals surface area contributed by atoms with E-state index < -0.39 is 5.54 Å². The van der Waals surface area contributed by atoms with E-state index in [0.717, 1.165) is 4.47 Å². The lowest BCUT2D eigenvalue weighted by atomic mass is 10.0. The summed E-state index contributed by atoms with van der Waals surface area (Å²) in [6, 6.07) is 7.51. The number of carbonyl (C=O) groups is 1. The van der Waals surface area contributed by atoms with Crippen molar-refractivity contribution in [3.05, 3.63) is 33.3 Å². The van der Waals surface area contributed by atoms with Crippen molar-refractivity contribution in [3.8, 4) is 6.07 Å². The van der Waals surface area contributed by atoms with E-state index in [1.807, 2.05) is 13.8 Å². The third kappa shape index (κ3) is 3.57. The van der Waals surface area contributed by atoms with E-state index in [0.29, 0.717) is 36.8 Å². The highest BCUT2D eigenvalue weighted by Crippen LogP contribution is 2.24. The largest absolute Gasteiger partial charge is 0.336 e. The predicted molar refractivity (Wildman–Crippen MR) is 86.3 cm³/mol. The van der Waals surface area contributed by atoms with Crippen molar-refractivity contribution < 1.29 is 4.79 Å². The first-order valence-corrected chi connectivity index (χ1v) is 7.93. The Morgan fingerprint density at radius 2 is 1.95 bits per heavy atom. The Balaban J connectivity index is 2.07. The summed E-state index contributed by atoms with van der Waals surface area (Å²) < 4.78 is 0.747. The molecule has 0 radical (unpaired) electrons. The number of nitriles is 1. The van der Waals surface area contributed by atoms with Crippen LogP contribution in [0.1, 0.15) is 24.2 Å². The standard InChI is InChI=1S/C15H17BrClN3O/c1-15(2,10-18)20-7-5-19(6-8-20)14(21)12-9-11(17)3-4-13(12)16/h3-4,9H,5-8H2,1-2H3. The molecule has 0 bridgehead atoms. The van der Waals surface area contributed by atoms with Crippen molar-refractivity contribution >= 4 is 33.4 Å². The van der Waals surface area contributed by atoms with Crippen LogP contribution in [0.25, 0.3) is 0 Å². The molecule has 1 aliphatic rings. The van der Waals surface area contributed by atoms with Gasteiger partial charge in [-0.1, -0.05) is 11.6 Å². The van der Waals surface area contributed by atoms with Crippen LogP contribution in [0.2, 0.25) is 5.02 Å². The second-order valence-electron chi connectivity index (χ2n) is 5.57. The Hall–Kier alpha value is -1.09. The van der Waals surface area contributed by atoms with Gasteiger partial charge in [-0.2, -0.15) is 5.26 Å². The Kier molecular flexibility index (Phi) is 4.92. The minimum absolute atomic E-state index is 0.0289. The van der Waals surface area contributed by atoms with Crippen LogP contribution in [0.3, 0.4) is 0 Å². The molecule has 1 amide bonds. The summed E-state index contributed by atoms with van der Waals surface area (Å²) in [6.45, 7) is 6.43. The summed E-state index contributed by atoms with van der Waals surface area (Å²) in [5.41, 5.74) is 0.0849. The molecule has 112 valence electrons. The van der Waals surface area contributed by atoms with Gasteiger partial charge in [0.25, 0.3) is 5.91 Å². The number of carbonyl (C=O) groups excluding carboxylic acids is 1. The highest BCUT2D eigenvalue weighted by Gasteiger charge is 2.31. The molecule has 2 rings (SSSR count). The zero-order valence-electron chi connectivity index (χ0n) is 12.1.